The predicted molar refractivity (Wildman–Crippen MR) is 113 cm³/mol. The molecule has 2 aromatic rings. The number of unbranched alkanes of at least 4 members (excludes halogenated alkanes) is 2. The van der Waals surface area contributed by atoms with Crippen LogP contribution in [0.15, 0.2) is 30.5 Å². The molecule has 1 aliphatic rings. The standard InChI is InChI=1S/C23H36N2O3/c1-17-14-18(2)23(28-22(17)16-26-12-7-3-6-11-24)27-13-10-19-15-25-21-9-5-4-8-20(19)21/h4-5,8-9,15,17-18,22-23,25H,3,6-7,10-14,16,24H2,1-2H3/t17-,18+,22+,23+/m0/s1. The molecule has 5 heteroatoms. The fraction of sp³-hybridized carbons (Fsp3) is 0.652. The van der Waals surface area contributed by atoms with Gasteiger partial charge in [-0.15, -0.1) is 0 Å². The second-order valence-corrected chi connectivity index (χ2v) is 8.14. The second-order valence-electron chi connectivity index (χ2n) is 8.14. The van der Waals surface area contributed by atoms with Crippen LogP contribution in [0.4, 0.5) is 0 Å². The summed E-state index contributed by atoms with van der Waals surface area (Å²) in [6.45, 7) is 7.33. The first kappa shape index (κ1) is 21.3. The third-order valence-corrected chi connectivity index (χ3v) is 5.76. The number of aromatic nitrogens is 1. The molecule has 5 nitrogen and oxygen atoms in total. The van der Waals surface area contributed by atoms with E-state index in [9.17, 15) is 0 Å². The van der Waals surface area contributed by atoms with Crippen molar-refractivity contribution >= 4 is 10.9 Å². The molecule has 28 heavy (non-hydrogen) atoms. The first-order valence-electron chi connectivity index (χ1n) is 10.8. The van der Waals surface area contributed by atoms with Gasteiger partial charge in [0.1, 0.15) is 0 Å². The van der Waals surface area contributed by atoms with Crippen molar-refractivity contribution in [1.82, 2.24) is 4.98 Å². The molecule has 4 atom stereocenters. The molecule has 3 rings (SSSR count). The van der Waals surface area contributed by atoms with E-state index in [1.165, 1.54) is 16.5 Å². The summed E-state index contributed by atoms with van der Waals surface area (Å²) < 4.78 is 18.3. The van der Waals surface area contributed by atoms with Gasteiger partial charge in [-0.3, -0.25) is 0 Å². The maximum Gasteiger partial charge on any atom is 0.160 e. The van der Waals surface area contributed by atoms with E-state index in [-0.39, 0.29) is 12.4 Å². The zero-order valence-electron chi connectivity index (χ0n) is 17.4. The Kier molecular flexibility index (Phi) is 8.34. The van der Waals surface area contributed by atoms with E-state index in [4.69, 9.17) is 19.9 Å². The summed E-state index contributed by atoms with van der Waals surface area (Å²) in [6, 6.07) is 8.39. The molecule has 1 fully saturated rings. The van der Waals surface area contributed by atoms with Crippen LogP contribution in [0.1, 0.15) is 45.1 Å². The van der Waals surface area contributed by atoms with Crippen molar-refractivity contribution in [3.8, 4) is 0 Å². The average molecular weight is 389 g/mol. The summed E-state index contributed by atoms with van der Waals surface area (Å²) in [5.41, 5.74) is 8.00. The minimum absolute atomic E-state index is 0.115. The fourth-order valence-electron chi connectivity index (χ4n) is 4.05. The zero-order valence-corrected chi connectivity index (χ0v) is 17.4. The molecule has 1 aromatic carbocycles. The van der Waals surface area contributed by atoms with Crippen LogP contribution < -0.4 is 5.73 Å². The average Bonchev–Trinajstić information content (AvgIpc) is 3.10. The molecule has 0 spiro atoms. The summed E-state index contributed by atoms with van der Waals surface area (Å²) in [6.07, 6.45) is 7.32. The van der Waals surface area contributed by atoms with Gasteiger partial charge in [-0.2, -0.15) is 0 Å². The molecule has 1 aromatic heterocycles. The highest BCUT2D eigenvalue weighted by Crippen LogP contribution is 2.30. The molecule has 0 unspecified atom stereocenters. The Morgan fingerprint density at radius 3 is 2.82 bits per heavy atom. The second kappa shape index (κ2) is 11.0. The zero-order chi connectivity index (χ0) is 19.8. The Bertz CT molecular complexity index is 702. The molecular weight excluding hydrogens is 352 g/mol. The van der Waals surface area contributed by atoms with Crippen LogP contribution in [-0.4, -0.2) is 43.7 Å². The van der Waals surface area contributed by atoms with Crippen LogP contribution in [-0.2, 0) is 20.6 Å². The van der Waals surface area contributed by atoms with Gasteiger partial charge in [0.25, 0.3) is 0 Å². The van der Waals surface area contributed by atoms with Gasteiger partial charge in [0, 0.05) is 29.6 Å². The molecule has 0 amide bonds. The van der Waals surface area contributed by atoms with E-state index in [0.29, 0.717) is 25.0 Å². The lowest BCUT2D eigenvalue weighted by Crippen LogP contribution is -2.43. The molecule has 2 heterocycles. The third-order valence-electron chi connectivity index (χ3n) is 5.76. The van der Waals surface area contributed by atoms with E-state index >= 15 is 0 Å². The Balaban J connectivity index is 1.42. The number of hydrogen-bond donors (Lipinski definition) is 2. The Morgan fingerprint density at radius 2 is 1.96 bits per heavy atom. The van der Waals surface area contributed by atoms with Crippen LogP contribution in [0.3, 0.4) is 0 Å². The molecule has 0 aliphatic carbocycles. The summed E-state index contributed by atoms with van der Waals surface area (Å²) in [7, 11) is 0. The first-order valence-corrected chi connectivity index (χ1v) is 10.8. The maximum absolute atomic E-state index is 6.27. The molecule has 156 valence electrons. The van der Waals surface area contributed by atoms with Gasteiger partial charge in [0.2, 0.25) is 0 Å². The third kappa shape index (κ3) is 5.80. The fourth-order valence-corrected chi connectivity index (χ4v) is 4.05. The van der Waals surface area contributed by atoms with Crippen LogP contribution in [0.2, 0.25) is 0 Å². The van der Waals surface area contributed by atoms with Crippen LogP contribution in [0.5, 0.6) is 0 Å². The van der Waals surface area contributed by atoms with Crippen molar-refractivity contribution in [2.75, 3.05) is 26.4 Å². The number of aromatic amines is 1. The van der Waals surface area contributed by atoms with E-state index in [0.717, 1.165) is 45.3 Å². The topological polar surface area (TPSA) is 69.5 Å². The number of H-pyrrole nitrogens is 1. The predicted octanol–water partition coefficient (Wildman–Crippen LogP) is 4.26. The number of hydrogen-bond acceptors (Lipinski definition) is 4. The van der Waals surface area contributed by atoms with Gasteiger partial charge >= 0.3 is 0 Å². The van der Waals surface area contributed by atoms with E-state index in [2.05, 4.69) is 49.3 Å². The summed E-state index contributed by atoms with van der Waals surface area (Å²) in [5, 5.41) is 1.28. The van der Waals surface area contributed by atoms with Gasteiger partial charge in [-0.05, 0) is 56.2 Å². The van der Waals surface area contributed by atoms with Gasteiger partial charge in [-0.1, -0.05) is 32.0 Å². The van der Waals surface area contributed by atoms with E-state index in [1.54, 1.807) is 0 Å². The van der Waals surface area contributed by atoms with Gasteiger partial charge in [0.15, 0.2) is 6.29 Å². The van der Waals surface area contributed by atoms with Gasteiger partial charge < -0.3 is 24.9 Å². The molecular formula is C23H36N2O3. The minimum Gasteiger partial charge on any atom is -0.379 e. The molecule has 1 aliphatic heterocycles. The number of fused-ring (bicyclic) bond motifs is 1. The number of nitrogens with one attached hydrogen (secondary N) is 1. The molecule has 3 N–H and O–H groups in total. The Hall–Kier alpha value is -1.40. The lowest BCUT2D eigenvalue weighted by Gasteiger charge is -2.38. The number of rotatable bonds is 11. The molecule has 0 bridgehead atoms. The summed E-state index contributed by atoms with van der Waals surface area (Å²) in [4.78, 5) is 3.33. The number of ether oxygens (including phenoxy) is 3. The van der Waals surface area contributed by atoms with E-state index < -0.39 is 0 Å². The quantitative estimate of drug-likeness (QED) is 0.564. The smallest absolute Gasteiger partial charge is 0.160 e. The monoisotopic (exact) mass is 388 g/mol. The SMILES string of the molecule is C[C@@H]1C[C@H](C)[C@@H](COCCCCCN)O[C@H]1OCCc1c[nH]c2ccccc12. The molecule has 0 radical (unpaired) electrons. The highest BCUT2D eigenvalue weighted by molar-refractivity contribution is 5.82. The molecule has 1 saturated heterocycles. The van der Waals surface area contributed by atoms with Crippen molar-refractivity contribution in [2.24, 2.45) is 17.6 Å². The first-order chi connectivity index (χ1) is 13.7. The Morgan fingerprint density at radius 1 is 1.11 bits per heavy atom. The van der Waals surface area contributed by atoms with Crippen LogP contribution >= 0.6 is 0 Å². The Labute approximate surface area is 168 Å². The van der Waals surface area contributed by atoms with Crippen LogP contribution in [0.25, 0.3) is 10.9 Å². The minimum atomic E-state index is -0.146. The van der Waals surface area contributed by atoms with Crippen molar-refractivity contribution in [3.05, 3.63) is 36.0 Å². The summed E-state index contributed by atoms with van der Waals surface area (Å²) >= 11 is 0. The maximum atomic E-state index is 6.27. The highest BCUT2D eigenvalue weighted by Gasteiger charge is 2.34. The van der Waals surface area contributed by atoms with Crippen molar-refractivity contribution in [2.45, 2.75) is 58.3 Å². The van der Waals surface area contributed by atoms with Crippen LogP contribution in [0, 0.1) is 11.8 Å². The van der Waals surface area contributed by atoms with Crippen molar-refractivity contribution < 1.29 is 14.2 Å². The van der Waals surface area contributed by atoms with E-state index in [1.807, 2.05) is 0 Å². The number of para-hydroxylation sites is 1. The van der Waals surface area contributed by atoms with Gasteiger partial charge in [-0.25, -0.2) is 0 Å². The number of benzene rings is 1. The molecule has 0 saturated carbocycles. The lowest BCUT2D eigenvalue weighted by molar-refractivity contribution is -0.241. The lowest BCUT2D eigenvalue weighted by atomic mass is 9.89. The van der Waals surface area contributed by atoms with Crippen molar-refractivity contribution in [1.29, 1.82) is 0 Å². The summed E-state index contributed by atoms with van der Waals surface area (Å²) in [5.74, 6) is 0.895. The number of nitrogens with two attached hydrogens (primary N) is 1. The highest BCUT2D eigenvalue weighted by atomic mass is 16.7. The normalized spacial score (nSPS) is 25.4. The largest absolute Gasteiger partial charge is 0.379 e. The van der Waals surface area contributed by atoms with Gasteiger partial charge in [0.05, 0.1) is 19.3 Å². The van der Waals surface area contributed by atoms with Crippen molar-refractivity contribution in [3.63, 3.8) is 0 Å².